The van der Waals surface area contributed by atoms with Crippen molar-refractivity contribution in [2.75, 3.05) is 26.7 Å². The molecular weight excluding hydrogens is 522 g/mol. The van der Waals surface area contributed by atoms with E-state index in [0.29, 0.717) is 24.7 Å². The Morgan fingerprint density at radius 1 is 1.15 bits per heavy atom. The maximum absolute atomic E-state index is 12.9. The second kappa shape index (κ2) is 9.84. The molecule has 2 heterocycles. The lowest BCUT2D eigenvalue weighted by atomic mass is 9.95. The van der Waals surface area contributed by atoms with E-state index in [0.717, 1.165) is 39.7 Å². The van der Waals surface area contributed by atoms with Crippen LogP contribution in [0.15, 0.2) is 34.9 Å². The summed E-state index contributed by atoms with van der Waals surface area (Å²) in [6.07, 6.45) is 2.97. The predicted molar refractivity (Wildman–Crippen MR) is 133 cm³/mol. The smallest absolute Gasteiger partial charge is 0.411 e. The topological polar surface area (TPSA) is 72.0 Å². The van der Waals surface area contributed by atoms with Gasteiger partial charge >= 0.3 is 12.1 Å². The zero-order valence-electron chi connectivity index (χ0n) is 19.8. The molecule has 0 bridgehead atoms. The van der Waals surface area contributed by atoms with Crippen LogP contribution in [0.5, 0.6) is 0 Å². The molecule has 4 rings (SSSR count). The van der Waals surface area contributed by atoms with Crippen molar-refractivity contribution in [3.8, 4) is 0 Å². The molecule has 0 radical (unpaired) electrons. The summed E-state index contributed by atoms with van der Waals surface area (Å²) in [5.41, 5.74) is 3.72. The van der Waals surface area contributed by atoms with Gasteiger partial charge in [0, 0.05) is 35.3 Å². The quantitative estimate of drug-likeness (QED) is 0.501. The van der Waals surface area contributed by atoms with E-state index >= 15 is 0 Å². The minimum absolute atomic E-state index is 0.175. The molecule has 1 unspecified atom stereocenters. The zero-order valence-corrected chi connectivity index (χ0v) is 22.1. The number of hydrogen-bond acceptors (Lipinski definition) is 6. The number of amides is 1. The second-order valence-electron chi connectivity index (χ2n) is 9.65. The van der Waals surface area contributed by atoms with Crippen molar-refractivity contribution in [3.63, 3.8) is 0 Å². The third-order valence-corrected chi connectivity index (χ3v) is 6.84. The molecule has 0 saturated carbocycles. The fraction of sp³-hybridized carbons (Fsp3) is 0.480. The molecule has 1 aliphatic heterocycles. The van der Waals surface area contributed by atoms with Crippen molar-refractivity contribution in [2.24, 2.45) is 0 Å². The Kier molecular flexibility index (Phi) is 7.22. The van der Waals surface area contributed by atoms with Crippen molar-refractivity contribution < 1.29 is 19.1 Å². The average molecular weight is 551 g/mol. The molecule has 2 aliphatic rings. The third kappa shape index (κ3) is 5.24. The molecule has 1 fully saturated rings. The van der Waals surface area contributed by atoms with Crippen molar-refractivity contribution in [2.45, 2.75) is 51.3 Å². The molecule has 0 spiro atoms. The van der Waals surface area contributed by atoms with Crippen LogP contribution in [0.4, 0.5) is 4.79 Å². The van der Waals surface area contributed by atoms with Crippen LogP contribution in [-0.4, -0.2) is 65.2 Å². The Balaban J connectivity index is 1.73. The van der Waals surface area contributed by atoms with Gasteiger partial charge in [-0.15, -0.1) is 0 Å². The van der Waals surface area contributed by atoms with E-state index in [1.165, 1.54) is 12.0 Å². The number of hydrogen-bond donors (Lipinski definition) is 0. The monoisotopic (exact) mass is 549 g/mol. The zero-order chi connectivity index (χ0) is 24.6. The summed E-state index contributed by atoms with van der Waals surface area (Å²) < 4.78 is 11.6. The molecule has 182 valence electrons. The van der Waals surface area contributed by atoms with E-state index in [1.807, 2.05) is 39.1 Å². The fourth-order valence-electron chi connectivity index (χ4n) is 4.70. The average Bonchev–Trinajstić information content (AvgIpc) is 2.93. The number of nitrogens with zero attached hydrogens (tertiary/aromatic N) is 3. The standard InChI is InChI=1S/C25H29BrClN3O4/c1-25(2,3)34-24(32)30-10-9-29(14-20(30)23(31)33-4)22-19-8-7-18(27)12-15(19)5-6-16-11-17(26)13-28-21(16)22/h7-8,11-13,20,22H,5-6,9-10,14H2,1-4H3/t20-,22?/m1/s1. The largest absolute Gasteiger partial charge is 0.467 e. The number of aromatic nitrogens is 1. The number of aryl methyl sites for hydroxylation is 2. The summed E-state index contributed by atoms with van der Waals surface area (Å²) >= 11 is 9.88. The van der Waals surface area contributed by atoms with E-state index < -0.39 is 23.7 Å². The molecule has 1 amide bonds. The molecule has 1 aliphatic carbocycles. The molecule has 1 saturated heterocycles. The lowest BCUT2D eigenvalue weighted by Crippen LogP contribution is -2.59. The number of benzene rings is 1. The Morgan fingerprint density at radius 2 is 1.88 bits per heavy atom. The maximum Gasteiger partial charge on any atom is 0.411 e. The van der Waals surface area contributed by atoms with Crippen LogP contribution < -0.4 is 0 Å². The highest BCUT2D eigenvalue weighted by molar-refractivity contribution is 9.10. The highest BCUT2D eigenvalue weighted by atomic mass is 79.9. The Morgan fingerprint density at radius 3 is 2.59 bits per heavy atom. The fourth-order valence-corrected chi connectivity index (χ4v) is 5.27. The van der Waals surface area contributed by atoms with Gasteiger partial charge in [-0.1, -0.05) is 17.7 Å². The van der Waals surface area contributed by atoms with E-state index in [2.05, 4.69) is 33.0 Å². The molecule has 2 aromatic rings. The predicted octanol–water partition coefficient (Wildman–Crippen LogP) is 4.78. The SMILES string of the molecule is COC(=O)[C@H]1CN(C2c3ccc(Cl)cc3CCc3cc(Br)cnc32)CCN1C(=O)OC(C)(C)C. The number of piperazine rings is 1. The number of esters is 1. The summed E-state index contributed by atoms with van der Waals surface area (Å²) in [5.74, 6) is -0.468. The number of halogens is 2. The molecule has 1 aromatic heterocycles. The Labute approximate surface area is 213 Å². The normalized spacial score (nSPS) is 20.7. The second-order valence-corrected chi connectivity index (χ2v) is 11.0. The lowest BCUT2D eigenvalue weighted by Gasteiger charge is -2.43. The van der Waals surface area contributed by atoms with Crippen LogP contribution in [0.3, 0.4) is 0 Å². The van der Waals surface area contributed by atoms with E-state index in [4.69, 9.17) is 26.1 Å². The molecule has 1 aromatic carbocycles. The molecule has 9 heteroatoms. The van der Waals surface area contributed by atoms with Crippen LogP contribution in [0.2, 0.25) is 5.02 Å². The Bertz CT molecular complexity index is 1050. The summed E-state index contributed by atoms with van der Waals surface area (Å²) in [7, 11) is 1.34. The number of carbonyl (C=O) groups is 2. The highest BCUT2D eigenvalue weighted by Crippen LogP contribution is 2.38. The number of rotatable bonds is 2. The molecule has 2 atom stereocenters. The van der Waals surface area contributed by atoms with Gasteiger partial charge in [0.25, 0.3) is 0 Å². The van der Waals surface area contributed by atoms with Gasteiger partial charge in [-0.25, -0.2) is 9.59 Å². The number of carbonyl (C=O) groups excluding carboxylic acids is 2. The van der Waals surface area contributed by atoms with Crippen molar-refractivity contribution >= 4 is 39.6 Å². The maximum atomic E-state index is 12.9. The van der Waals surface area contributed by atoms with Gasteiger partial charge in [0.2, 0.25) is 0 Å². The van der Waals surface area contributed by atoms with Gasteiger partial charge in [-0.2, -0.15) is 0 Å². The van der Waals surface area contributed by atoms with Crippen LogP contribution >= 0.6 is 27.5 Å². The van der Waals surface area contributed by atoms with Gasteiger partial charge in [0.15, 0.2) is 0 Å². The molecular formula is C25H29BrClN3O4. The summed E-state index contributed by atoms with van der Waals surface area (Å²) in [4.78, 5) is 34.2. The van der Waals surface area contributed by atoms with Gasteiger partial charge < -0.3 is 9.47 Å². The van der Waals surface area contributed by atoms with Gasteiger partial charge in [0.05, 0.1) is 18.8 Å². The number of methoxy groups -OCH3 is 1. The number of ether oxygens (including phenoxy) is 2. The van der Waals surface area contributed by atoms with Crippen LogP contribution in [0, 0.1) is 0 Å². The summed E-state index contributed by atoms with van der Waals surface area (Å²) in [5, 5.41) is 0.694. The number of pyridine rings is 1. The lowest BCUT2D eigenvalue weighted by molar-refractivity contribution is -0.149. The van der Waals surface area contributed by atoms with Crippen molar-refractivity contribution in [1.29, 1.82) is 0 Å². The molecule has 7 nitrogen and oxygen atoms in total. The van der Waals surface area contributed by atoms with Gasteiger partial charge in [-0.3, -0.25) is 14.8 Å². The van der Waals surface area contributed by atoms with Gasteiger partial charge in [0.1, 0.15) is 11.6 Å². The first-order chi connectivity index (χ1) is 16.1. The van der Waals surface area contributed by atoms with E-state index in [9.17, 15) is 9.59 Å². The summed E-state index contributed by atoms with van der Waals surface area (Å²) in [6, 6.07) is 7.11. The minimum Gasteiger partial charge on any atom is -0.467 e. The van der Waals surface area contributed by atoms with E-state index in [1.54, 1.807) is 0 Å². The molecule has 34 heavy (non-hydrogen) atoms. The first kappa shape index (κ1) is 24.9. The van der Waals surface area contributed by atoms with Crippen LogP contribution in [0.1, 0.15) is 49.2 Å². The Hall–Kier alpha value is -2.16. The minimum atomic E-state index is -0.786. The van der Waals surface area contributed by atoms with Crippen molar-refractivity contribution in [3.05, 3.63) is 62.3 Å². The van der Waals surface area contributed by atoms with Gasteiger partial charge in [-0.05, 0) is 84.4 Å². The summed E-state index contributed by atoms with van der Waals surface area (Å²) in [6.45, 7) is 6.61. The van der Waals surface area contributed by atoms with Crippen molar-refractivity contribution in [1.82, 2.24) is 14.8 Å². The first-order valence-electron chi connectivity index (χ1n) is 11.3. The van der Waals surface area contributed by atoms with Crippen LogP contribution in [0.25, 0.3) is 0 Å². The van der Waals surface area contributed by atoms with Crippen LogP contribution in [-0.2, 0) is 27.1 Å². The number of fused-ring (bicyclic) bond motifs is 2. The molecule has 0 N–H and O–H groups in total. The first-order valence-corrected chi connectivity index (χ1v) is 12.5. The van der Waals surface area contributed by atoms with E-state index in [-0.39, 0.29) is 6.04 Å². The highest BCUT2D eigenvalue weighted by Gasteiger charge is 2.42. The third-order valence-electron chi connectivity index (χ3n) is 6.17.